The van der Waals surface area contributed by atoms with E-state index in [0.717, 1.165) is 0 Å². The van der Waals surface area contributed by atoms with E-state index in [1.165, 1.54) is 4.90 Å². The second-order valence-electron chi connectivity index (χ2n) is 3.94. The molecule has 1 atom stereocenters. The van der Waals surface area contributed by atoms with Crippen molar-refractivity contribution < 1.29 is 9.59 Å². The number of aromatic nitrogens is 2. The molecule has 2 heterocycles. The summed E-state index contributed by atoms with van der Waals surface area (Å²) < 4.78 is 1.63. The van der Waals surface area contributed by atoms with Crippen molar-refractivity contribution in [3.05, 3.63) is 18.0 Å². The predicted octanol–water partition coefficient (Wildman–Crippen LogP) is -0.604. The molecule has 1 aromatic rings. The highest BCUT2D eigenvalue weighted by Crippen LogP contribution is 2.14. The quantitative estimate of drug-likeness (QED) is 0.677. The number of piperidine rings is 1. The third-order valence-electron chi connectivity index (χ3n) is 2.64. The van der Waals surface area contributed by atoms with Crippen LogP contribution < -0.4 is 5.73 Å². The molecule has 2 amide bonds. The standard InChI is InChI=1S/C10H14N4O2/c1-13-5-4-7(12-13)6-14-9(15)3-2-8(11)10(14)16/h4-5,8H,2-3,6,11H2,1H3. The molecule has 16 heavy (non-hydrogen) atoms. The number of nitrogens with two attached hydrogens (primary N) is 1. The molecule has 1 fully saturated rings. The zero-order valence-electron chi connectivity index (χ0n) is 9.09. The van der Waals surface area contributed by atoms with Gasteiger partial charge in [-0.1, -0.05) is 0 Å². The highest BCUT2D eigenvalue weighted by Gasteiger charge is 2.32. The van der Waals surface area contributed by atoms with Crippen LogP contribution >= 0.6 is 0 Å². The van der Waals surface area contributed by atoms with Gasteiger partial charge >= 0.3 is 0 Å². The Hall–Kier alpha value is -1.69. The molecular weight excluding hydrogens is 208 g/mol. The summed E-state index contributed by atoms with van der Waals surface area (Å²) in [5.74, 6) is -0.473. The number of hydrogen-bond donors (Lipinski definition) is 1. The number of nitrogens with zero attached hydrogens (tertiary/aromatic N) is 3. The highest BCUT2D eigenvalue weighted by atomic mass is 16.2. The molecular formula is C10H14N4O2. The Bertz CT molecular complexity index is 426. The van der Waals surface area contributed by atoms with E-state index in [1.807, 2.05) is 0 Å². The lowest BCUT2D eigenvalue weighted by molar-refractivity contribution is -0.150. The van der Waals surface area contributed by atoms with Gasteiger partial charge in [-0.3, -0.25) is 19.2 Å². The van der Waals surface area contributed by atoms with Crippen LogP contribution in [0.15, 0.2) is 12.3 Å². The van der Waals surface area contributed by atoms with E-state index >= 15 is 0 Å². The average molecular weight is 222 g/mol. The number of rotatable bonds is 2. The van der Waals surface area contributed by atoms with Gasteiger partial charge in [-0.25, -0.2) is 0 Å². The highest BCUT2D eigenvalue weighted by molar-refractivity contribution is 6.00. The van der Waals surface area contributed by atoms with Gasteiger partial charge in [0, 0.05) is 19.7 Å². The lowest BCUT2D eigenvalue weighted by atomic mass is 10.1. The van der Waals surface area contributed by atoms with E-state index in [1.54, 1.807) is 24.0 Å². The van der Waals surface area contributed by atoms with Gasteiger partial charge in [-0.15, -0.1) is 0 Å². The monoisotopic (exact) mass is 222 g/mol. The van der Waals surface area contributed by atoms with E-state index in [0.29, 0.717) is 18.5 Å². The summed E-state index contributed by atoms with van der Waals surface area (Å²) in [5.41, 5.74) is 6.31. The van der Waals surface area contributed by atoms with Crippen LogP contribution in [0.4, 0.5) is 0 Å². The molecule has 2 rings (SSSR count). The van der Waals surface area contributed by atoms with Crippen LogP contribution in [0.3, 0.4) is 0 Å². The van der Waals surface area contributed by atoms with Crippen LogP contribution in [0, 0.1) is 0 Å². The SMILES string of the molecule is Cn1ccc(CN2C(=O)CCC(N)C2=O)n1. The Balaban J connectivity index is 2.13. The molecule has 1 aliphatic rings. The molecule has 1 aromatic heterocycles. The van der Waals surface area contributed by atoms with Gasteiger partial charge in [-0.05, 0) is 12.5 Å². The number of carbonyl (C=O) groups is 2. The summed E-state index contributed by atoms with van der Waals surface area (Å²) in [6.45, 7) is 0.214. The number of carbonyl (C=O) groups excluding carboxylic acids is 2. The lowest BCUT2D eigenvalue weighted by Gasteiger charge is -2.27. The smallest absolute Gasteiger partial charge is 0.246 e. The number of aryl methyl sites for hydroxylation is 1. The summed E-state index contributed by atoms with van der Waals surface area (Å²) in [6, 6.07) is 1.22. The maximum atomic E-state index is 11.7. The first-order chi connectivity index (χ1) is 7.58. The third-order valence-corrected chi connectivity index (χ3v) is 2.64. The van der Waals surface area contributed by atoms with Crippen LogP contribution in [-0.4, -0.2) is 32.5 Å². The Labute approximate surface area is 93.0 Å². The first-order valence-corrected chi connectivity index (χ1v) is 5.16. The molecule has 0 aliphatic carbocycles. The Kier molecular flexibility index (Phi) is 2.74. The summed E-state index contributed by atoms with van der Waals surface area (Å²) in [4.78, 5) is 24.5. The van der Waals surface area contributed by atoms with Crippen molar-refractivity contribution in [3.8, 4) is 0 Å². The number of hydrogen-bond acceptors (Lipinski definition) is 4. The average Bonchev–Trinajstić information content (AvgIpc) is 2.65. The molecule has 0 bridgehead atoms. The second kappa shape index (κ2) is 4.05. The fourth-order valence-electron chi connectivity index (χ4n) is 1.74. The van der Waals surface area contributed by atoms with Crippen molar-refractivity contribution >= 4 is 11.8 Å². The van der Waals surface area contributed by atoms with Crippen molar-refractivity contribution in [2.45, 2.75) is 25.4 Å². The molecule has 6 heteroatoms. The van der Waals surface area contributed by atoms with Gasteiger partial charge in [0.2, 0.25) is 11.8 Å². The largest absolute Gasteiger partial charge is 0.320 e. The number of imide groups is 1. The molecule has 1 aliphatic heterocycles. The van der Waals surface area contributed by atoms with Crippen LogP contribution in [0.1, 0.15) is 18.5 Å². The summed E-state index contributed by atoms with van der Waals surface area (Å²) >= 11 is 0. The Morgan fingerprint density at radius 2 is 2.31 bits per heavy atom. The van der Waals surface area contributed by atoms with Gasteiger partial charge in [0.1, 0.15) is 0 Å². The molecule has 2 N–H and O–H groups in total. The minimum atomic E-state index is -0.554. The van der Waals surface area contributed by atoms with Crippen LogP contribution in [0.25, 0.3) is 0 Å². The number of amides is 2. The second-order valence-corrected chi connectivity index (χ2v) is 3.94. The number of likely N-dealkylation sites (tertiary alicyclic amines) is 1. The van der Waals surface area contributed by atoms with Crippen molar-refractivity contribution in [3.63, 3.8) is 0 Å². The molecule has 0 spiro atoms. The minimum absolute atomic E-state index is 0.169. The minimum Gasteiger partial charge on any atom is -0.320 e. The topological polar surface area (TPSA) is 81.2 Å². The molecule has 0 aromatic carbocycles. The predicted molar refractivity (Wildman–Crippen MR) is 56.0 cm³/mol. The van der Waals surface area contributed by atoms with Crippen LogP contribution in [0.5, 0.6) is 0 Å². The van der Waals surface area contributed by atoms with E-state index in [9.17, 15) is 9.59 Å². The lowest BCUT2D eigenvalue weighted by Crippen LogP contribution is -2.50. The fraction of sp³-hybridized carbons (Fsp3) is 0.500. The van der Waals surface area contributed by atoms with Gasteiger partial charge in [0.05, 0.1) is 18.3 Å². The normalized spacial score (nSPS) is 21.6. The van der Waals surface area contributed by atoms with Crippen LogP contribution in [-0.2, 0) is 23.2 Å². The third kappa shape index (κ3) is 1.96. The van der Waals surface area contributed by atoms with Gasteiger partial charge in [-0.2, -0.15) is 5.10 Å². The zero-order chi connectivity index (χ0) is 11.7. The Morgan fingerprint density at radius 3 is 2.94 bits per heavy atom. The van der Waals surface area contributed by atoms with E-state index in [2.05, 4.69) is 5.10 Å². The van der Waals surface area contributed by atoms with Gasteiger partial charge in [0.25, 0.3) is 0 Å². The molecule has 6 nitrogen and oxygen atoms in total. The van der Waals surface area contributed by atoms with Crippen molar-refractivity contribution in [1.82, 2.24) is 14.7 Å². The molecule has 1 saturated heterocycles. The van der Waals surface area contributed by atoms with Crippen LogP contribution in [0.2, 0.25) is 0 Å². The molecule has 1 unspecified atom stereocenters. The first kappa shape index (κ1) is 10.8. The van der Waals surface area contributed by atoms with Gasteiger partial charge in [0.15, 0.2) is 0 Å². The van der Waals surface area contributed by atoms with Gasteiger partial charge < -0.3 is 5.73 Å². The maximum Gasteiger partial charge on any atom is 0.246 e. The molecule has 0 radical (unpaired) electrons. The van der Waals surface area contributed by atoms with Crippen molar-refractivity contribution in [2.75, 3.05) is 0 Å². The zero-order valence-corrected chi connectivity index (χ0v) is 9.09. The van der Waals surface area contributed by atoms with E-state index < -0.39 is 6.04 Å². The summed E-state index contributed by atoms with van der Waals surface area (Å²) in [7, 11) is 1.79. The maximum absolute atomic E-state index is 11.7. The Morgan fingerprint density at radius 1 is 1.56 bits per heavy atom. The first-order valence-electron chi connectivity index (χ1n) is 5.16. The van der Waals surface area contributed by atoms with E-state index in [4.69, 9.17) is 5.73 Å². The van der Waals surface area contributed by atoms with E-state index in [-0.39, 0.29) is 18.4 Å². The van der Waals surface area contributed by atoms with Crippen molar-refractivity contribution in [2.24, 2.45) is 12.8 Å². The summed E-state index contributed by atoms with van der Waals surface area (Å²) in [6.07, 6.45) is 2.55. The molecule has 0 saturated carbocycles. The van der Waals surface area contributed by atoms with Crippen molar-refractivity contribution in [1.29, 1.82) is 0 Å². The fourth-order valence-corrected chi connectivity index (χ4v) is 1.74. The summed E-state index contributed by atoms with van der Waals surface area (Å²) in [5, 5.41) is 4.13. The molecule has 86 valence electrons.